The Kier molecular flexibility index (Phi) is 6.20. The maximum absolute atomic E-state index is 12.7. The van der Waals surface area contributed by atoms with Gasteiger partial charge in [0.05, 0.1) is 6.10 Å². The Balaban J connectivity index is 2.39. The third-order valence-corrected chi connectivity index (χ3v) is 3.75. The smallest absolute Gasteiger partial charge is 0.349 e. The van der Waals surface area contributed by atoms with Crippen molar-refractivity contribution < 1.29 is 19.1 Å². The second kappa shape index (κ2) is 8.16. The van der Waals surface area contributed by atoms with E-state index in [0.717, 1.165) is 0 Å². The summed E-state index contributed by atoms with van der Waals surface area (Å²) in [5.41, 5.74) is -0.295. The molecule has 0 spiro atoms. The maximum Gasteiger partial charge on any atom is 0.349 e. The first-order valence-electron chi connectivity index (χ1n) is 8.50. The fraction of sp³-hybridized carbons (Fsp3) is 0.474. The van der Waals surface area contributed by atoms with Gasteiger partial charge in [-0.2, -0.15) is 0 Å². The summed E-state index contributed by atoms with van der Waals surface area (Å²) in [6.07, 6.45) is 0.467. The first kappa shape index (κ1) is 19.0. The minimum absolute atomic E-state index is 0.00309. The number of nitrogens with zero attached hydrogens (tertiary/aromatic N) is 1. The highest BCUT2D eigenvalue weighted by atomic mass is 16.5. The minimum Gasteiger partial charge on any atom is -0.491 e. The van der Waals surface area contributed by atoms with Crippen LogP contribution in [0.4, 0.5) is 0 Å². The molecule has 0 saturated carbocycles. The molecule has 2 rings (SSSR count). The van der Waals surface area contributed by atoms with Gasteiger partial charge in [0.2, 0.25) is 0 Å². The number of benzene rings is 1. The molecule has 0 aliphatic carbocycles. The van der Waals surface area contributed by atoms with Crippen molar-refractivity contribution in [2.75, 3.05) is 13.2 Å². The highest BCUT2D eigenvalue weighted by Crippen LogP contribution is 2.22. The largest absolute Gasteiger partial charge is 0.491 e. The fourth-order valence-corrected chi connectivity index (χ4v) is 2.58. The normalized spacial score (nSPS) is 11.3. The van der Waals surface area contributed by atoms with Crippen molar-refractivity contribution in [3.05, 3.63) is 40.2 Å². The summed E-state index contributed by atoms with van der Waals surface area (Å²) in [7, 11) is 0. The van der Waals surface area contributed by atoms with Gasteiger partial charge in [-0.25, -0.2) is 4.79 Å². The molecule has 2 aromatic rings. The fourth-order valence-electron chi connectivity index (χ4n) is 2.58. The Labute approximate surface area is 147 Å². The lowest BCUT2D eigenvalue weighted by Gasteiger charge is -2.26. The van der Waals surface area contributed by atoms with Crippen LogP contribution in [0.5, 0.6) is 5.75 Å². The zero-order chi connectivity index (χ0) is 18.6. The molecular formula is C19H25NO5. The van der Waals surface area contributed by atoms with Crippen molar-refractivity contribution in [1.82, 2.24) is 4.90 Å². The number of carbonyl (C=O) groups is 1. The molecule has 1 aromatic heterocycles. The van der Waals surface area contributed by atoms with E-state index >= 15 is 0 Å². The van der Waals surface area contributed by atoms with Crippen LogP contribution in [0.2, 0.25) is 0 Å². The number of hydrogen-bond acceptors (Lipinski definition) is 5. The summed E-state index contributed by atoms with van der Waals surface area (Å²) in [5.74, 6) is 0.220. The molecule has 1 aromatic carbocycles. The summed E-state index contributed by atoms with van der Waals surface area (Å²) >= 11 is 0. The van der Waals surface area contributed by atoms with E-state index in [0.29, 0.717) is 29.7 Å². The summed E-state index contributed by atoms with van der Waals surface area (Å²) in [6.45, 7) is 7.93. The topological polar surface area (TPSA) is 80.0 Å². The zero-order valence-electron chi connectivity index (χ0n) is 15.1. The van der Waals surface area contributed by atoms with Crippen molar-refractivity contribution in [2.24, 2.45) is 0 Å². The quantitative estimate of drug-likeness (QED) is 0.779. The van der Waals surface area contributed by atoms with Crippen molar-refractivity contribution >= 4 is 16.9 Å². The SMILES string of the molecule is CC(C)Oc1ccc2cc(C(=O)N(CCCO)C(C)C)c(=O)oc2c1. The van der Waals surface area contributed by atoms with E-state index in [2.05, 4.69) is 0 Å². The Morgan fingerprint density at radius 2 is 1.96 bits per heavy atom. The van der Waals surface area contributed by atoms with Gasteiger partial charge in [0.25, 0.3) is 5.91 Å². The first-order chi connectivity index (χ1) is 11.8. The maximum atomic E-state index is 12.7. The number of aliphatic hydroxyl groups is 1. The first-order valence-corrected chi connectivity index (χ1v) is 8.50. The van der Waals surface area contributed by atoms with E-state index in [1.165, 1.54) is 0 Å². The second-order valence-electron chi connectivity index (χ2n) is 6.48. The molecule has 6 nitrogen and oxygen atoms in total. The molecule has 0 unspecified atom stereocenters. The highest BCUT2D eigenvalue weighted by molar-refractivity contribution is 5.97. The van der Waals surface area contributed by atoms with Gasteiger partial charge in [-0.3, -0.25) is 4.79 Å². The molecule has 0 saturated heterocycles. The molecule has 1 amide bonds. The molecule has 0 atom stereocenters. The van der Waals surface area contributed by atoms with E-state index < -0.39 is 5.63 Å². The molecule has 0 bridgehead atoms. The molecule has 136 valence electrons. The van der Waals surface area contributed by atoms with Crippen LogP contribution in [0.1, 0.15) is 44.5 Å². The van der Waals surface area contributed by atoms with Crippen LogP contribution >= 0.6 is 0 Å². The molecule has 0 fully saturated rings. The van der Waals surface area contributed by atoms with Crippen molar-refractivity contribution in [3.63, 3.8) is 0 Å². The molecular weight excluding hydrogens is 322 g/mol. The van der Waals surface area contributed by atoms with Crippen LogP contribution in [-0.2, 0) is 0 Å². The van der Waals surface area contributed by atoms with Gasteiger partial charge in [0.1, 0.15) is 16.9 Å². The molecule has 1 N–H and O–H groups in total. The van der Waals surface area contributed by atoms with E-state index in [4.69, 9.17) is 14.3 Å². The summed E-state index contributed by atoms with van der Waals surface area (Å²) in [4.78, 5) is 26.6. The van der Waals surface area contributed by atoms with Crippen LogP contribution in [0.25, 0.3) is 11.0 Å². The lowest BCUT2D eigenvalue weighted by atomic mass is 10.1. The van der Waals surface area contributed by atoms with Crippen molar-refractivity contribution in [3.8, 4) is 5.75 Å². The highest BCUT2D eigenvalue weighted by Gasteiger charge is 2.22. The lowest BCUT2D eigenvalue weighted by molar-refractivity contribution is 0.0689. The van der Waals surface area contributed by atoms with Crippen molar-refractivity contribution in [2.45, 2.75) is 46.3 Å². The number of amides is 1. The third kappa shape index (κ3) is 4.60. The Bertz CT molecular complexity index is 794. The zero-order valence-corrected chi connectivity index (χ0v) is 15.1. The molecule has 0 aliphatic heterocycles. The van der Waals surface area contributed by atoms with E-state index in [-0.39, 0.29) is 30.2 Å². The van der Waals surface area contributed by atoms with Gasteiger partial charge in [0, 0.05) is 30.6 Å². The average molecular weight is 347 g/mol. The predicted molar refractivity (Wildman–Crippen MR) is 96.1 cm³/mol. The number of ether oxygens (including phenoxy) is 1. The van der Waals surface area contributed by atoms with Crippen LogP contribution in [0.15, 0.2) is 33.5 Å². The average Bonchev–Trinajstić information content (AvgIpc) is 2.53. The summed E-state index contributed by atoms with van der Waals surface area (Å²) < 4.78 is 10.9. The van der Waals surface area contributed by atoms with Crippen LogP contribution in [0.3, 0.4) is 0 Å². The van der Waals surface area contributed by atoms with Gasteiger partial charge in [-0.05, 0) is 52.3 Å². The predicted octanol–water partition coefficient (Wildman–Crippen LogP) is 2.81. The van der Waals surface area contributed by atoms with Crippen LogP contribution in [-0.4, -0.2) is 41.2 Å². The monoisotopic (exact) mass is 347 g/mol. The van der Waals surface area contributed by atoms with Gasteiger partial charge in [-0.1, -0.05) is 0 Å². The summed E-state index contributed by atoms with van der Waals surface area (Å²) in [5, 5.41) is 9.66. The molecule has 6 heteroatoms. The Morgan fingerprint density at radius 3 is 2.56 bits per heavy atom. The number of carbonyl (C=O) groups excluding carboxylic acids is 1. The Morgan fingerprint density at radius 1 is 1.24 bits per heavy atom. The van der Waals surface area contributed by atoms with Gasteiger partial charge in [0.15, 0.2) is 0 Å². The van der Waals surface area contributed by atoms with Gasteiger partial charge in [-0.15, -0.1) is 0 Å². The minimum atomic E-state index is -0.672. The van der Waals surface area contributed by atoms with Crippen molar-refractivity contribution in [1.29, 1.82) is 0 Å². The molecule has 25 heavy (non-hydrogen) atoms. The molecule has 0 radical (unpaired) electrons. The number of fused-ring (bicyclic) bond motifs is 1. The number of rotatable bonds is 7. The lowest BCUT2D eigenvalue weighted by Crippen LogP contribution is -2.40. The standard InChI is InChI=1S/C19H25NO5/c1-12(2)20(8-5-9-21)18(22)16-10-14-6-7-15(24-13(3)4)11-17(14)25-19(16)23/h6-7,10-13,21H,5,8-9H2,1-4H3. The molecule has 1 heterocycles. The second-order valence-corrected chi connectivity index (χ2v) is 6.48. The van der Waals surface area contributed by atoms with Gasteiger partial charge >= 0.3 is 5.63 Å². The summed E-state index contributed by atoms with van der Waals surface area (Å²) in [6, 6.07) is 6.66. The van der Waals surface area contributed by atoms with Crippen LogP contribution < -0.4 is 10.4 Å². The third-order valence-electron chi connectivity index (χ3n) is 3.75. The van der Waals surface area contributed by atoms with E-state index in [1.807, 2.05) is 27.7 Å². The van der Waals surface area contributed by atoms with Gasteiger partial charge < -0.3 is 19.2 Å². The number of hydrogen-bond donors (Lipinski definition) is 1. The molecule has 0 aliphatic rings. The van der Waals surface area contributed by atoms with Crippen LogP contribution in [0, 0.1) is 0 Å². The Hall–Kier alpha value is -2.34. The van der Waals surface area contributed by atoms with E-state index in [9.17, 15) is 9.59 Å². The number of aliphatic hydroxyl groups excluding tert-OH is 1. The van der Waals surface area contributed by atoms with E-state index in [1.54, 1.807) is 29.2 Å².